The standard InChI is InChI=1S/C17H20N4O6/c1-3-18-15(24)19-13(22)8-21-14(23)17(2,20-16(21)25)7-10-4-5-11-12(6-10)27-9-26-11/h4-6H,3,7-9H2,1-2H3,(H,20,25)(H2,18,19,22,24)/t17-/m1/s1. The third-order valence-electron chi connectivity index (χ3n) is 4.23. The summed E-state index contributed by atoms with van der Waals surface area (Å²) in [4.78, 5) is 49.0. The van der Waals surface area contributed by atoms with Crippen molar-refractivity contribution >= 4 is 23.9 Å². The van der Waals surface area contributed by atoms with E-state index in [1.54, 1.807) is 32.0 Å². The molecule has 0 saturated carbocycles. The van der Waals surface area contributed by atoms with Gasteiger partial charge in [0, 0.05) is 13.0 Å². The van der Waals surface area contributed by atoms with Crippen LogP contribution in [-0.2, 0) is 16.0 Å². The van der Waals surface area contributed by atoms with Gasteiger partial charge in [0.2, 0.25) is 12.7 Å². The molecule has 1 saturated heterocycles. The number of hydrogen-bond acceptors (Lipinski definition) is 6. The topological polar surface area (TPSA) is 126 Å². The van der Waals surface area contributed by atoms with Crippen molar-refractivity contribution in [2.24, 2.45) is 0 Å². The molecule has 1 fully saturated rings. The number of urea groups is 2. The zero-order chi connectivity index (χ0) is 19.6. The molecule has 3 rings (SSSR count). The van der Waals surface area contributed by atoms with Gasteiger partial charge in [0.25, 0.3) is 5.91 Å². The molecule has 1 aromatic rings. The number of benzene rings is 1. The number of nitrogens with zero attached hydrogens (tertiary/aromatic N) is 1. The third-order valence-corrected chi connectivity index (χ3v) is 4.23. The Bertz CT molecular complexity index is 811. The summed E-state index contributed by atoms with van der Waals surface area (Å²) in [5, 5.41) is 7.07. The van der Waals surface area contributed by atoms with Crippen LogP contribution in [0.3, 0.4) is 0 Å². The van der Waals surface area contributed by atoms with E-state index in [-0.39, 0.29) is 13.2 Å². The van der Waals surface area contributed by atoms with Crippen molar-refractivity contribution in [3.63, 3.8) is 0 Å². The van der Waals surface area contributed by atoms with Gasteiger partial charge in [0.05, 0.1) is 0 Å². The second-order valence-electron chi connectivity index (χ2n) is 6.43. The summed E-state index contributed by atoms with van der Waals surface area (Å²) in [6.45, 7) is 3.22. The van der Waals surface area contributed by atoms with Crippen molar-refractivity contribution in [1.82, 2.24) is 20.9 Å². The van der Waals surface area contributed by atoms with Crippen molar-refractivity contribution < 1.29 is 28.7 Å². The molecule has 0 aromatic heterocycles. The van der Waals surface area contributed by atoms with Crippen molar-refractivity contribution in [2.75, 3.05) is 19.9 Å². The van der Waals surface area contributed by atoms with Crippen molar-refractivity contribution in [2.45, 2.75) is 25.8 Å². The normalized spacial score (nSPS) is 20.4. The van der Waals surface area contributed by atoms with E-state index >= 15 is 0 Å². The predicted octanol–water partition coefficient (Wildman–Crippen LogP) is 0.114. The van der Waals surface area contributed by atoms with Crippen molar-refractivity contribution in [3.8, 4) is 11.5 Å². The molecule has 2 aliphatic heterocycles. The highest BCUT2D eigenvalue weighted by Crippen LogP contribution is 2.34. The lowest BCUT2D eigenvalue weighted by Gasteiger charge is -2.21. The fourth-order valence-corrected chi connectivity index (χ4v) is 2.98. The van der Waals surface area contributed by atoms with E-state index in [2.05, 4.69) is 16.0 Å². The van der Waals surface area contributed by atoms with Crippen LogP contribution in [0.4, 0.5) is 9.59 Å². The number of carbonyl (C=O) groups excluding carboxylic acids is 4. The number of nitrogens with one attached hydrogen (secondary N) is 3. The van der Waals surface area contributed by atoms with Gasteiger partial charge < -0.3 is 20.1 Å². The number of hydrogen-bond donors (Lipinski definition) is 3. The van der Waals surface area contributed by atoms with Crippen LogP contribution in [0.5, 0.6) is 11.5 Å². The smallest absolute Gasteiger partial charge is 0.325 e. The Balaban J connectivity index is 1.67. The Morgan fingerprint density at radius 1 is 1.26 bits per heavy atom. The minimum absolute atomic E-state index is 0.139. The summed E-state index contributed by atoms with van der Waals surface area (Å²) in [5.41, 5.74) is -0.444. The summed E-state index contributed by atoms with van der Waals surface area (Å²) in [5.74, 6) is -0.103. The predicted molar refractivity (Wildman–Crippen MR) is 92.1 cm³/mol. The van der Waals surface area contributed by atoms with Gasteiger partial charge in [-0.15, -0.1) is 0 Å². The summed E-state index contributed by atoms with van der Waals surface area (Å²) < 4.78 is 10.6. The minimum Gasteiger partial charge on any atom is -0.454 e. The van der Waals surface area contributed by atoms with Gasteiger partial charge in [0.15, 0.2) is 11.5 Å². The fraction of sp³-hybridized carbons (Fsp3) is 0.412. The van der Waals surface area contributed by atoms with Gasteiger partial charge in [-0.1, -0.05) is 6.07 Å². The lowest BCUT2D eigenvalue weighted by atomic mass is 9.92. The zero-order valence-electron chi connectivity index (χ0n) is 15.0. The maximum absolute atomic E-state index is 12.7. The molecule has 6 amide bonds. The lowest BCUT2D eigenvalue weighted by molar-refractivity contribution is -0.134. The highest BCUT2D eigenvalue weighted by atomic mass is 16.7. The monoisotopic (exact) mass is 376 g/mol. The van der Waals surface area contributed by atoms with Crippen LogP contribution in [0, 0.1) is 0 Å². The van der Waals surface area contributed by atoms with Gasteiger partial charge in [-0.05, 0) is 31.5 Å². The fourth-order valence-electron chi connectivity index (χ4n) is 2.98. The van der Waals surface area contributed by atoms with Crippen molar-refractivity contribution in [1.29, 1.82) is 0 Å². The van der Waals surface area contributed by atoms with E-state index in [0.717, 1.165) is 10.5 Å². The Hall–Kier alpha value is -3.30. The summed E-state index contributed by atoms with van der Waals surface area (Å²) in [6, 6.07) is 3.90. The Morgan fingerprint density at radius 2 is 2.00 bits per heavy atom. The number of rotatable bonds is 5. The summed E-state index contributed by atoms with van der Waals surface area (Å²) >= 11 is 0. The van der Waals surface area contributed by atoms with Crippen LogP contribution in [0.2, 0.25) is 0 Å². The van der Waals surface area contributed by atoms with Crippen LogP contribution >= 0.6 is 0 Å². The highest BCUT2D eigenvalue weighted by Gasteiger charge is 2.48. The second kappa shape index (κ2) is 7.14. The first-order valence-electron chi connectivity index (χ1n) is 8.42. The van der Waals surface area contributed by atoms with Crippen LogP contribution in [0.15, 0.2) is 18.2 Å². The van der Waals surface area contributed by atoms with Gasteiger partial charge >= 0.3 is 12.1 Å². The Labute approximate surface area is 155 Å². The number of ether oxygens (including phenoxy) is 2. The molecule has 1 aromatic carbocycles. The van der Waals surface area contributed by atoms with E-state index in [1.165, 1.54) is 0 Å². The zero-order valence-corrected chi connectivity index (χ0v) is 15.0. The highest BCUT2D eigenvalue weighted by molar-refractivity contribution is 6.09. The first-order chi connectivity index (χ1) is 12.8. The van der Waals surface area contributed by atoms with Gasteiger partial charge in [0.1, 0.15) is 12.1 Å². The molecule has 144 valence electrons. The van der Waals surface area contributed by atoms with Crippen molar-refractivity contribution in [3.05, 3.63) is 23.8 Å². The van der Waals surface area contributed by atoms with Crippen LogP contribution in [0.25, 0.3) is 0 Å². The molecule has 2 heterocycles. The van der Waals surface area contributed by atoms with E-state index < -0.39 is 36.0 Å². The minimum atomic E-state index is -1.21. The SMILES string of the molecule is CCNC(=O)NC(=O)CN1C(=O)N[C@](C)(Cc2ccc3c(c2)OCO3)C1=O. The molecule has 27 heavy (non-hydrogen) atoms. The number of amides is 6. The molecule has 10 nitrogen and oxygen atoms in total. The molecule has 0 radical (unpaired) electrons. The van der Waals surface area contributed by atoms with Crippen LogP contribution < -0.4 is 25.4 Å². The van der Waals surface area contributed by atoms with Gasteiger partial charge in [-0.3, -0.25) is 19.8 Å². The number of imide groups is 2. The average molecular weight is 376 g/mol. The van der Waals surface area contributed by atoms with Gasteiger partial charge in [-0.25, -0.2) is 9.59 Å². The summed E-state index contributed by atoms with van der Waals surface area (Å²) in [6.07, 6.45) is 0.211. The van der Waals surface area contributed by atoms with E-state index in [1.807, 2.05) is 0 Å². The summed E-state index contributed by atoms with van der Waals surface area (Å²) in [7, 11) is 0. The van der Waals surface area contributed by atoms with Crippen LogP contribution in [0.1, 0.15) is 19.4 Å². The third kappa shape index (κ3) is 3.78. The molecule has 0 aliphatic carbocycles. The molecule has 0 spiro atoms. The first kappa shape index (κ1) is 18.5. The number of fused-ring (bicyclic) bond motifs is 1. The number of carbonyl (C=O) groups is 4. The quantitative estimate of drug-likeness (QED) is 0.627. The molecule has 3 N–H and O–H groups in total. The van der Waals surface area contributed by atoms with Gasteiger partial charge in [-0.2, -0.15) is 0 Å². The Kier molecular flexibility index (Phi) is 4.89. The van der Waals surface area contributed by atoms with E-state index in [0.29, 0.717) is 18.0 Å². The molecule has 0 bridgehead atoms. The second-order valence-corrected chi connectivity index (χ2v) is 6.43. The maximum atomic E-state index is 12.7. The molecule has 2 aliphatic rings. The largest absolute Gasteiger partial charge is 0.454 e. The molecular weight excluding hydrogens is 356 g/mol. The average Bonchev–Trinajstić information content (AvgIpc) is 3.13. The van der Waals surface area contributed by atoms with Crippen LogP contribution in [-0.4, -0.2) is 54.2 Å². The molecular formula is C17H20N4O6. The molecule has 0 unspecified atom stereocenters. The van der Waals surface area contributed by atoms with E-state index in [9.17, 15) is 19.2 Å². The van der Waals surface area contributed by atoms with E-state index in [4.69, 9.17) is 9.47 Å². The molecule has 1 atom stereocenters. The lowest BCUT2D eigenvalue weighted by Crippen LogP contribution is -2.48. The Morgan fingerprint density at radius 3 is 2.74 bits per heavy atom. The maximum Gasteiger partial charge on any atom is 0.325 e. The first-order valence-corrected chi connectivity index (χ1v) is 8.42. The molecule has 10 heteroatoms.